The number of benzene rings is 2. The molecule has 0 radical (unpaired) electrons. The van der Waals surface area contributed by atoms with Crippen LogP contribution in [0.3, 0.4) is 0 Å². The summed E-state index contributed by atoms with van der Waals surface area (Å²) in [5.41, 5.74) is 1.90. The van der Waals surface area contributed by atoms with E-state index in [1.807, 2.05) is 55.5 Å². The lowest BCUT2D eigenvalue weighted by atomic mass is 10.1. The van der Waals surface area contributed by atoms with Crippen LogP contribution < -0.4 is 5.32 Å². The number of aromatic nitrogens is 1. The monoisotopic (exact) mass is 372 g/mol. The molecule has 4 nitrogen and oxygen atoms in total. The van der Waals surface area contributed by atoms with Crippen molar-refractivity contribution in [1.82, 2.24) is 5.16 Å². The number of carbonyl (C=O) groups is 1. The third kappa shape index (κ3) is 4.06. The van der Waals surface area contributed by atoms with Crippen LogP contribution in [-0.4, -0.2) is 11.1 Å². The summed E-state index contributed by atoms with van der Waals surface area (Å²) >= 11 is 7.76. The highest BCUT2D eigenvalue weighted by Crippen LogP contribution is 2.33. The molecule has 2 aromatic carbocycles. The van der Waals surface area contributed by atoms with Crippen LogP contribution in [0.25, 0.3) is 0 Å². The summed E-state index contributed by atoms with van der Waals surface area (Å²) in [6, 6.07) is 15.3. The molecule has 0 fully saturated rings. The van der Waals surface area contributed by atoms with Gasteiger partial charge in [-0.15, -0.1) is 0 Å². The number of amides is 1. The maximum atomic E-state index is 12.5. The lowest BCUT2D eigenvalue weighted by Crippen LogP contribution is -2.14. The van der Waals surface area contributed by atoms with Gasteiger partial charge in [0.1, 0.15) is 11.3 Å². The maximum absolute atomic E-state index is 12.5. The van der Waals surface area contributed by atoms with Crippen molar-refractivity contribution < 1.29 is 9.32 Å². The Balaban J connectivity index is 1.71. The van der Waals surface area contributed by atoms with Gasteiger partial charge in [-0.1, -0.05) is 47.6 Å². The zero-order valence-electron chi connectivity index (χ0n) is 13.9. The molecule has 0 aliphatic heterocycles. The Hall–Kier alpha value is -2.24. The molecule has 0 spiro atoms. The van der Waals surface area contributed by atoms with Crippen molar-refractivity contribution in [1.29, 1.82) is 0 Å². The van der Waals surface area contributed by atoms with Gasteiger partial charge in [0, 0.05) is 15.5 Å². The number of nitrogens with one attached hydrogen (secondary N) is 1. The molecule has 6 heteroatoms. The Labute approximate surface area is 155 Å². The molecule has 0 aliphatic rings. The summed E-state index contributed by atoms with van der Waals surface area (Å²) in [6.07, 6.45) is 0.646. The minimum atomic E-state index is -0.206. The first-order chi connectivity index (χ1) is 12.1. The predicted molar refractivity (Wildman–Crippen MR) is 101 cm³/mol. The lowest BCUT2D eigenvalue weighted by Gasteiger charge is -2.07. The van der Waals surface area contributed by atoms with E-state index in [-0.39, 0.29) is 5.91 Å². The Morgan fingerprint density at radius 2 is 1.92 bits per heavy atom. The zero-order valence-corrected chi connectivity index (χ0v) is 15.4. The normalized spacial score (nSPS) is 10.7. The van der Waals surface area contributed by atoms with Crippen molar-refractivity contribution in [3.63, 3.8) is 0 Å². The Bertz CT molecular complexity index is 891. The van der Waals surface area contributed by atoms with E-state index < -0.39 is 0 Å². The van der Waals surface area contributed by atoms with Gasteiger partial charge in [0.2, 0.25) is 0 Å². The van der Waals surface area contributed by atoms with Gasteiger partial charge in [-0.25, -0.2) is 0 Å². The van der Waals surface area contributed by atoms with Crippen LogP contribution >= 0.6 is 23.4 Å². The summed E-state index contributed by atoms with van der Waals surface area (Å²) in [6.45, 7) is 3.68. The lowest BCUT2D eigenvalue weighted by molar-refractivity contribution is 0.102. The highest BCUT2D eigenvalue weighted by atomic mass is 35.5. The van der Waals surface area contributed by atoms with Gasteiger partial charge in [0.25, 0.3) is 5.91 Å². The molecule has 1 amide bonds. The van der Waals surface area contributed by atoms with E-state index in [9.17, 15) is 4.79 Å². The second-order valence-electron chi connectivity index (χ2n) is 5.42. The van der Waals surface area contributed by atoms with Crippen LogP contribution in [-0.2, 0) is 6.42 Å². The minimum Gasteiger partial charge on any atom is -0.361 e. The van der Waals surface area contributed by atoms with Crippen molar-refractivity contribution in [2.75, 3.05) is 5.32 Å². The number of halogens is 1. The fraction of sp³-hybridized carbons (Fsp3) is 0.158. The molecule has 0 atom stereocenters. The highest BCUT2D eigenvalue weighted by molar-refractivity contribution is 7.99. The standard InChI is InChI=1S/C19H17ClN2O2S/c1-3-16-18(12(2)24-22-16)19(23)21-13-8-10-14(11-9-13)25-17-7-5-4-6-15(17)20/h4-11H,3H2,1-2H3,(H,21,23). The van der Waals surface area contributed by atoms with Crippen LogP contribution in [0.15, 0.2) is 62.8 Å². The fourth-order valence-corrected chi connectivity index (χ4v) is 3.49. The number of nitrogens with zero attached hydrogens (tertiary/aromatic N) is 1. The number of aryl methyl sites for hydroxylation is 2. The second-order valence-corrected chi connectivity index (χ2v) is 6.95. The van der Waals surface area contributed by atoms with Gasteiger partial charge in [-0.05, 0) is 49.7 Å². The van der Waals surface area contributed by atoms with Crippen molar-refractivity contribution in [2.24, 2.45) is 0 Å². The second kappa shape index (κ2) is 7.76. The van der Waals surface area contributed by atoms with Crippen molar-refractivity contribution in [2.45, 2.75) is 30.1 Å². The van der Waals surface area contributed by atoms with Crippen LogP contribution in [0.5, 0.6) is 0 Å². The maximum Gasteiger partial charge on any atom is 0.261 e. The highest BCUT2D eigenvalue weighted by Gasteiger charge is 2.19. The summed E-state index contributed by atoms with van der Waals surface area (Å²) in [4.78, 5) is 14.5. The molecule has 128 valence electrons. The van der Waals surface area contributed by atoms with E-state index in [4.69, 9.17) is 16.1 Å². The van der Waals surface area contributed by atoms with Gasteiger partial charge >= 0.3 is 0 Å². The fourth-order valence-electron chi connectivity index (χ4n) is 2.40. The quantitative estimate of drug-likeness (QED) is 0.633. The molecular formula is C19H17ClN2O2S. The SMILES string of the molecule is CCc1noc(C)c1C(=O)Nc1ccc(Sc2ccccc2Cl)cc1. The average Bonchev–Trinajstić information content (AvgIpc) is 2.99. The van der Waals surface area contributed by atoms with Crippen molar-refractivity contribution in [3.05, 3.63) is 70.6 Å². The average molecular weight is 373 g/mol. The third-order valence-corrected chi connectivity index (χ3v) is 5.20. The Morgan fingerprint density at radius 1 is 1.20 bits per heavy atom. The topological polar surface area (TPSA) is 55.1 Å². The molecule has 0 aliphatic carbocycles. The number of hydrogen-bond donors (Lipinski definition) is 1. The predicted octanol–water partition coefficient (Wildman–Crippen LogP) is 5.60. The molecule has 0 saturated heterocycles. The van der Waals surface area contributed by atoms with Crippen molar-refractivity contribution in [3.8, 4) is 0 Å². The number of rotatable bonds is 5. The van der Waals surface area contributed by atoms with Crippen molar-refractivity contribution >= 4 is 35.0 Å². The van der Waals surface area contributed by atoms with E-state index in [2.05, 4.69) is 10.5 Å². The van der Waals surface area contributed by atoms with E-state index in [1.54, 1.807) is 18.7 Å². The summed E-state index contributed by atoms with van der Waals surface area (Å²) < 4.78 is 5.12. The van der Waals surface area contributed by atoms with Gasteiger partial charge in [0.15, 0.2) is 0 Å². The molecule has 3 aromatic rings. The molecule has 1 heterocycles. The molecule has 1 N–H and O–H groups in total. The number of carbonyl (C=O) groups excluding carboxylic acids is 1. The molecule has 0 bridgehead atoms. The van der Waals surface area contributed by atoms with E-state index in [0.29, 0.717) is 23.4 Å². The van der Waals surface area contributed by atoms with Crippen LogP contribution in [0, 0.1) is 6.92 Å². The third-order valence-electron chi connectivity index (χ3n) is 3.67. The largest absolute Gasteiger partial charge is 0.361 e. The van der Waals surface area contributed by atoms with Gasteiger partial charge in [0.05, 0.1) is 10.7 Å². The van der Waals surface area contributed by atoms with E-state index in [0.717, 1.165) is 20.5 Å². The molecular weight excluding hydrogens is 356 g/mol. The Kier molecular flexibility index (Phi) is 5.46. The summed E-state index contributed by atoms with van der Waals surface area (Å²) in [5.74, 6) is 0.322. The molecule has 0 saturated carbocycles. The summed E-state index contributed by atoms with van der Waals surface area (Å²) in [5, 5.41) is 7.52. The van der Waals surface area contributed by atoms with Gasteiger partial charge < -0.3 is 9.84 Å². The minimum absolute atomic E-state index is 0.206. The molecule has 3 rings (SSSR count). The molecule has 25 heavy (non-hydrogen) atoms. The van der Waals surface area contributed by atoms with Crippen LogP contribution in [0.4, 0.5) is 5.69 Å². The van der Waals surface area contributed by atoms with Gasteiger partial charge in [-0.3, -0.25) is 4.79 Å². The first-order valence-electron chi connectivity index (χ1n) is 7.87. The van der Waals surface area contributed by atoms with E-state index in [1.165, 1.54) is 0 Å². The van der Waals surface area contributed by atoms with Crippen LogP contribution in [0.1, 0.15) is 28.7 Å². The van der Waals surface area contributed by atoms with E-state index >= 15 is 0 Å². The molecule has 1 aromatic heterocycles. The zero-order chi connectivity index (χ0) is 17.8. The Morgan fingerprint density at radius 3 is 2.60 bits per heavy atom. The summed E-state index contributed by atoms with van der Waals surface area (Å²) in [7, 11) is 0. The smallest absolute Gasteiger partial charge is 0.261 e. The van der Waals surface area contributed by atoms with Gasteiger partial charge in [-0.2, -0.15) is 0 Å². The number of hydrogen-bond acceptors (Lipinski definition) is 4. The van der Waals surface area contributed by atoms with Crippen LogP contribution in [0.2, 0.25) is 5.02 Å². The first kappa shape index (κ1) is 17.6. The molecule has 0 unspecified atom stereocenters. The number of anilines is 1. The first-order valence-corrected chi connectivity index (χ1v) is 9.07.